The molecule has 1 aliphatic heterocycles. The second-order valence-corrected chi connectivity index (χ2v) is 11.5. The van der Waals surface area contributed by atoms with E-state index in [4.69, 9.17) is 69.6 Å². The normalized spacial score (nSPS) is 42.5. The molecular formula is C20H15Cl6NO2. The van der Waals surface area contributed by atoms with Crippen molar-refractivity contribution in [2.75, 3.05) is 0 Å². The summed E-state index contributed by atoms with van der Waals surface area (Å²) >= 11 is 40.0. The molecule has 154 valence electrons. The van der Waals surface area contributed by atoms with Gasteiger partial charge < -0.3 is 0 Å². The van der Waals surface area contributed by atoms with Crippen LogP contribution in [-0.4, -0.2) is 30.8 Å². The summed E-state index contributed by atoms with van der Waals surface area (Å²) in [5.74, 6) is -2.10. The van der Waals surface area contributed by atoms with E-state index in [9.17, 15) is 9.59 Å². The first-order chi connectivity index (χ1) is 13.6. The molecule has 9 heteroatoms. The molecule has 2 amide bonds. The predicted molar refractivity (Wildman–Crippen MR) is 116 cm³/mol. The quantitative estimate of drug-likeness (QED) is 0.378. The van der Waals surface area contributed by atoms with E-state index in [1.807, 2.05) is 30.3 Å². The first-order valence-corrected chi connectivity index (χ1v) is 11.5. The van der Waals surface area contributed by atoms with Crippen molar-refractivity contribution < 1.29 is 9.59 Å². The first-order valence-electron chi connectivity index (χ1n) is 9.27. The second kappa shape index (κ2) is 6.43. The lowest BCUT2D eigenvalue weighted by molar-refractivity contribution is -0.140. The van der Waals surface area contributed by atoms with Crippen molar-refractivity contribution >= 4 is 81.4 Å². The number of fused-ring (bicyclic) bond motifs is 6. The second-order valence-electron chi connectivity index (χ2n) is 8.27. The van der Waals surface area contributed by atoms with Gasteiger partial charge in [-0.1, -0.05) is 76.7 Å². The van der Waals surface area contributed by atoms with Crippen LogP contribution in [-0.2, 0) is 16.1 Å². The van der Waals surface area contributed by atoms with Crippen molar-refractivity contribution in [3.8, 4) is 0 Å². The van der Waals surface area contributed by atoms with Crippen LogP contribution in [0.5, 0.6) is 0 Å². The maximum absolute atomic E-state index is 13.1. The van der Waals surface area contributed by atoms with Crippen molar-refractivity contribution in [2.45, 2.75) is 33.5 Å². The van der Waals surface area contributed by atoms with Crippen LogP contribution in [0.1, 0.15) is 18.4 Å². The zero-order chi connectivity index (χ0) is 20.9. The number of nitrogens with zero attached hydrogens (tertiary/aromatic N) is 1. The average Bonchev–Trinajstić information content (AvgIpc) is 3.05. The van der Waals surface area contributed by atoms with Gasteiger partial charge in [0, 0.05) is 0 Å². The average molecular weight is 514 g/mol. The van der Waals surface area contributed by atoms with Crippen molar-refractivity contribution in [1.82, 2.24) is 4.90 Å². The number of halogens is 6. The highest BCUT2D eigenvalue weighted by Crippen LogP contribution is 2.79. The van der Waals surface area contributed by atoms with E-state index in [0.29, 0.717) is 12.8 Å². The van der Waals surface area contributed by atoms with E-state index >= 15 is 0 Å². The molecule has 0 aromatic heterocycles. The fraction of sp³-hybridized carbons (Fsp3) is 0.500. The van der Waals surface area contributed by atoms with E-state index in [1.165, 1.54) is 4.90 Å². The topological polar surface area (TPSA) is 37.4 Å². The smallest absolute Gasteiger partial charge is 0.233 e. The molecule has 0 spiro atoms. The van der Waals surface area contributed by atoms with Crippen molar-refractivity contribution in [1.29, 1.82) is 0 Å². The van der Waals surface area contributed by atoms with Crippen LogP contribution in [0.2, 0.25) is 0 Å². The van der Waals surface area contributed by atoms with Gasteiger partial charge in [-0.15, -0.1) is 23.2 Å². The molecule has 29 heavy (non-hydrogen) atoms. The molecule has 0 radical (unpaired) electrons. The SMILES string of the molecule is O=C1[C@H]2C[C@@H]3[C@@H](C[C@@H]2C(=O)N1Cc1ccccc1)[C@]1(Cl)C(Cl)=C(Cl)[C@]3(Cl)C1(Cl)Cl. The van der Waals surface area contributed by atoms with Crippen LogP contribution < -0.4 is 0 Å². The fourth-order valence-corrected chi connectivity index (χ4v) is 8.82. The van der Waals surface area contributed by atoms with E-state index in [0.717, 1.165) is 5.56 Å². The minimum Gasteiger partial charge on any atom is -0.278 e. The standard InChI is InChI=1S/C20H15Cl6NO2/c21-14-15(22)19(24)13-7-11-10(6-12(13)18(14,23)20(19,25)26)16(28)27(17(11)29)8-9-4-2-1-3-5-9/h1-5,10-13H,6-8H2/t10-,11-,12+,13+,18-,19-/m0/s1. The Hall–Kier alpha value is -0.160. The maximum Gasteiger partial charge on any atom is 0.233 e. The molecule has 3 fully saturated rings. The molecule has 1 heterocycles. The van der Waals surface area contributed by atoms with Crippen molar-refractivity contribution in [3.05, 3.63) is 46.0 Å². The van der Waals surface area contributed by atoms with Gasteiger partial charge in [0.15, 0.2) is 4.33 Å². The lowest BCUT2D eigenvalue weighted by Crippen LogP contribution is -2.44. The van der Waals surface area contributed by atoms with Gasteiger partial charge in [-0.3, -0.25) is 14.5 Å². The van der Waals surface area contributed by atoms with Crippen LogP contribution in [0.25, 0.3) is 0 Å². The van der Waals surface area contributed by atoms with Gasteiger partial charge in [0.1, 0.15) is 9.75 Å². The summed E-state index contributed by atoms with van der Waals surface area (Å²) < 4.78 is -1.64. The number of alkyl halides is 4. The molecule has 0 N–H and O–H groups in total. The number of allylic oxidation sites excluding steroid dienone is 2. The lowest BCUT2D eigenvalue weighted by Gasteiger charge is -2.42. The number of amides is 2. The van der Waals surface area contributed by atoms with Crippen LogP contribution in [0, 0.1) is 23.7 Å². The Kier molecular flexibility index (Phi) is 4.60. The zero-order valence-corrected chi connectivity index (χ0v) is 19.4. The molecule has 0 unspecified atom stereocenters. The van der Waals surface area contributed by atoms with E-state index in [2.05, 4.69) is 0 Å². The van der Waals surface area contributed by atoms with Crippen LogP contribution in [0.15, 0.2) is 40.4 Å². The number of carbonyl (C=O) groups is 2. The Morgan fingerprint density at radius 3 is 1.72 bits per heavy atom. The van der Waals surface area contributed by atoms with E-state index in [1.54, 1.807) is 0 Å². The molecular weight excluding hydrogens is 499 g/mol. The van der Waals surface area contributed by atoms with Gasteiger partial charge in [-0.2, -0.15) is 0 Å². The van der Waals surface area contributed by atoms with Crippen LogP contribution in [0.3, 0.4) is 0 Å². The first kappa shape index (κ1) is 20.7. The molecule has 3 aliphatic carbocycles. The van der Waals surface area contributed by atoms with Crippen LogP contribution in [0.4, 0.5) is 0 Å². The Bertz CT molecular complexity index is 911. The van der Waals surface area contributed by atoms with Crippen molar-refractivity contribution in [3.63, 3.8) is 0 Å². The highest BCUT2D eigenvalue weighted by Gasteiger charge is 2.83. The van der Waals surface area contributed by atoms with Crippen molar-refractivity contribution in [2.24, 2.45) is 23.7 Å². The Balaban J connectivity index is 1.50. The third-order valence-corrected chi connectivity index (χ3v) is 11.5. The molecule has 1 aromatic rings. The molecule has 2 bridgehead atoms. The molecule has 1 saturated heterocycles. The van der Waals surface area contributed by atoms with E-state index in [-0.39, 0.29) is 40.3 Å². The number of hydrogen-bond acceptors (Lipinski definition) is 2. The van der Waals surface area contributed by atoms with Gasteiger partial charge in [0.2, 0.25) is 11.8 Å². The summed E-state index contributed by atoms with van der Waals surface area (Å²) in [5, 5.41) is 0.275. The summed E-state index contributed by atoms with van der Waals surface area (Å²) in [6.07, 6.45) is 0.676. The number of hydrogen-bond donors (Lipinski definition) is 0. The highest BCUT2D eigenvalue weighted by atomic mass is 35.5. The number of benzene rings is 1. The van der Waals surface area contributed by atoms with Gasteiger partial charge in [-0.25, -0.2) is 0 Å². The van der Waals surface area contributed by atoms with Gasteiger partial charge >= 0.3 is 0 Å². The summed E-state index contributed by atoms with van der Waals surface area (Å²) in [5.41, 5.74) is 0.893. The Morgan fingerprint density at radius 1 is 0.828 bits per heavy atom. The summed E-state index contributed by atoms with van der Waals surface area (Å²) in [6.45, 7) is 0.244. The lowest BCUT2D eigenvalue weighted by atomic mass is 9.65. The largest absolute Gasteiger partial charge is 0.278 e. The molecule has 4 aliphatic rings. The number of rotatable bonds is 2. The molecule has 6 atom stereocenters. The minimum absolute atomic E-state index is 0.137. The predicted octanol–water partition coefficient (Wildman–Crippen LogP) is 5.66. The van der Waals surface area contributed by atoms with Gasteiger partial charge in [0.05, 0.1) is 28.4 Å². The number of carbonyl (C=O) groups excluding carboxylic acids is 2. The minimum atomic E-state index is -1.64. The Labute approximate surface area is 198 Å². The Morgan fingerprint density at radius 2 is 1.28 bits per heavy atom. The molecule has 1 aromatic carbocycles. The fourth-order valence-electron chi connectivity index (χ4n) is 5.71. The van der Waals surface area contributed by atoms with Gasteiger partial charge in [-0.05, 0) is 30.2 Å². The van der Waals surface area contributed by atoms with Gasteiger partial charge in [0.25, 0.3) is 0 Å². The summed E-state index contributed by atoms with van der Waals surface area (Å²) in [6, 6.07) is 9.41. The zero-order valence-electron chi connectivity index (χ0n) is 14.8. The third-order valence-electron chi connectivity index (χ3n) is 7.10. The number of imide groups is 1. The number of likely N-dealkylation sites (tertiary alicyclic amines) is 1. The maximum atomic E-state index is 13.1. The molecule has 2 saturated carbocycles. The van der Waals surface area contributed by atoms with Crippen LogP contribution >= 0.6 is 69.6 Å². The third kappa shape index (κ3) is 2.30. The highest BCUT2D eigenvalue weighted by molar-refractivity contribution is 6.65. The summed E-state index contributed by atoms with van der Waals surface area (Å²) in [7, 11) is 0. The summed E-state index contributed by atoms with van der Waals surface area (Å²) in [4.78, 5) is 24.8. The van der Waals surface area contributed by atoms with E-state index < -0.39 is 25.9 Å². The monoisotopic (exact) mass is 511 g/mol. The molecule has 5 rings (SSSR count). The molecule has 3 nitrogen and oxygen atoms in total.